The lowest BCUT2D eigenvalue weighted by molar-refractivity contribution is -0.0142. The van der Waals surface area contributed by atoms with Crippen molar-refractivity contribution in [1.82, 2.24) is 4.90 Å². The van der Waals surface area contributed by atoms with E-state index >= 15 is 0 Å². The Labute approximate surface area is 92.9 Å². The van der Waals surface area contributed by atoms with Crippen molar-refractivity contribution in [3.05, 3.63) is 0 Å². The van der Waals surface area contributed by atoms with E-state index in [-0.39, 0.29) is 12.7 Å². The molecule has 4 heteroatoms. The molecule has 1 atom stereocenters. The molecule has 0 rings (SSSR count). The number of nitrogens with zero attached hydrogens (tertiary/aromatic N) is 1. The standard InChI is InChI=1S/C11H25NO3/c1-9(2)12(5-6-13)7-11(14)8-15-10(3)4/h9-11,13-14H,5-8H2,1-4H3. The molecule has 0 fully saturated rings. The van der Waals surface area contributed by atoms with Crippen LogP contribution in [0.15, 0.2) is 0 Å². The first kappa shape index (κ1) is 14.8. The minimum atomic E-state index is -0.485. The van der Waals surface area contributed by atoms with Crippen molar-refractivity contribution < 1.29 is 14.9 Å². The van der Waals surface area contributed by atoms with Crippen LogP contribution in [0.3, 0.4) is 0 Å². The quantitative estimate of drug-likeness (QED) is 0.623. The number of rotatable bonds is 8. The van der Waals surface area contributed by atoms with Crippen LogP contribution < -0.4 is 0 Å². The molecule has 0 amide bonds. The maximum absolute atomic E-state index is 9.70. The summed E-state index contributed by atoms with van der Waals surface area (Å²) >= 11 is 0. The van der Waals surface area contributed by atoms with Crippen LogP contribution >= 0.6 is 0 Å². The molecular formula is C11H25NO3. The third-order valence-corrected chi connectivity index (χ3v) is 2.18. The second-order valence-corrected chi connectivity index (χ2v) is 4.35. The van der Waals surface area contributed by atoms with E-state index in [1.54, 1.807) is 0 Å². The molecule has 0 aliphatic carbocycles. The summed E-state index contributed by atoms with van der Waals surface area (Å²) in [6.07, 6.45) is -0.341. The third kappa shape index (κ3) is 7.73. The van der Waals surface area contributed by atoms with E-state index in [1.807, 2.05) is 32.6 Å². The number of hydrogen-bond donors (Lipinski definition) is 2. The van der Waals surface area contributed by atoms with Crippen molar-refractivity contribution in [2.75, 3.05) is 26.3 Å². The number of ether oxygens (including phenoxy) is 1. The minimum absolute atomic E-state index is 0.121. The molecule has 0 saturated heterocycles. The minimum Gasteiger partial charge on any atom is -0.395 e. The van der Waals surface area contributed by atoms with Crippen LogP contribution in [0, 0.1) is 0 Å². The first-order valence-corrected chi connectivity index (χ1v) is 5.62. The van der Waals surface area contributed by atoms with Crippen LogP contribution in [0.2, 0.25) is 0 Å². The van der Waals surface area contributed by atoms with Crippen LogP contribution in [0.5, 0.6) is 0 Å². The Morgan fingerprint density at radius 1 is 1.20 bits per heavy atom. The van der Waals surface area contributed by atoms with Crippen molar-refractivity contribution in [2.24, 2.45) is 0 Å². The van der Waals surface area contributed by atoms with E-state index in [2.05, 4.69) is 0 Å². The molecule has 0 heterocycles. The first-order chi connectivity index (χ1) is 6.97. The molecule has 92 valence electrons. The molecule has 0 spiro atoms. The van der Waals surface area contributed by atoms with Crippen molar-refractivity contribution in [3.8, 4) is 0 Å². The predicted molar refractivity (Wildman–Crippen MR) is 60.9 cm³/mol. The van der Waals surface area contributed by atoms with E-state index < -0.39 is 6.10 Å². The molecule has 0 aromatic carbocycles. The largest absolute Gasteiger partial charge is 0.395 e. The monoisotopic (exact) mass is 219 g/mol. The molecule has 0 radical (unpaired) electrons. The molecule has 0 saturated carbocycles. The van der Waals surface area contributed by atoms with Gasteiger partial charge in [0.2, 0.25) is 0 Å². The molecular weight excluding hydrogens is 194 g/mol. The highest BCUT2D eigenvalue weighted by Crippen LogP contribution is 2.01. The highest BCUT2D eigenvalue weighted by molar-refractivity contribution is 4.67. The van der Waals surface area contributed by atoms with Crippen molar-refractivity contribution >= 4 is 0 Å². The molecule has 0 aromatic heterocycles. The highest BCUT2D eigenvalue weighted by atomic mass is 16.5. The van der Waals surface area contributed by atoms with Gasteiger partial charge < -0.3 is 14.9 Å². The summed E-state index contributed by atoms with van der Waals surface area (Å²) in [6, 6.07) is 0.325. The van der Waals surface area contributed by atoms with E-state index in [4.69, 9.17) is 9.84 Å². The van der Waals surface area contributed by atoms with Crippen molar-refractivity contribution in [3.63, 3.8) is 0 Å². The lowest BCUT2D eigenvalue weighted by atomic mass is 10.2. The molecule has 0 aromatic rings. The van der Waals surface area contributed by atoms with Gasteiger partial charge in [-0.15, -0.1) is 0 Å². The summed E-state index contributed by atoms with van der Waals surface area (Å²) in [6.45, 7) is 9.60. The van der Waals surface area contributed by atoms with Crippen molar-refractivity contribution in [1.29, 1.82) is 0 Å². The Kier molecular flexibility index (Phi) is 7.96. The van der Waals surface area contributed by atoms with Crippen LogP contribution in [0.1, 0.15) is 27.7 Å². The summed E-state index contributed by atoms with van der Waals surface area (Å²) in [5, 5.41) is 18.6. The van der Waals surface area contributed by atoms with Crippen LogP contribution in [0.25, 0.3) is 0 Å². The topological polar surface area (TPSA) is 52.9 Å². The molecule has 15 heavy (non-hydrogen) atoms. The molecule has 4 nitrogen and oxygen atoms in total. The molecule has 0 bridgehead atoms. The van der Waals surface area contributed by atoms with E-state index in [9.17, 15) is 5.11 Å². The van der Waals surface area contributed by atoms with Gasteiger partial charge in [0.1, 0.15) is 0 Å². The van der Waals surface area contributed by atoms with Gasteiger partial charge in [-0.1, -0.05) is 0 Å². The van der Waals surface area contributed by atoms with Gasteiger partial charge in [-0.3, -0.25) is 4.90 Å². The average molecular weight is 219 g/mol. The van der Waals surface area contributed by atoms with Crippen molar-refractivity contribution in [2.45, 2.75) is 45.9 Å². The van der Waals surface area contributed by atoms with Gasteiger partial charge in [0, 0.05) is 19.1 Å². The normalized spacial score (nSPS) is 14.2. The Morgan fingerprint density at radius 3 is 2.20 bits per heavy atom. The Bertz CT molecular complexity index is 151. The fraction of sp³-hybridized carbons (Fsp3) is 1.00. The molecule has 0 aliphatic heterocycles. The lowest BCUT2D eigenvalue weighted by Crippen LogP contribution is -2.41. The number of hydrogen-bond acceptors (Lipinski definition) is 4. The predicted octanol–water partition coefficient (Wildman–Crippen LogP) is 0.475. The smallest absolute Gasteiger partial charge is 0.0900 e. The average Bonchev–Trinajstić information content (AvgIpc) is 2.14. The maximum Gasteiger partial charge on any atom is 0.0900 e. The SMILES string of the molecule is CC(C)OCC(O)CN(CCO)C(C)C. The van der Waals surface area contributed by atoms with Gasteiger partial charge in [-0.2, -0.15) is 0 Å². The molecule has 1 unspecified atom stereocenters. The van der Waals surface area contributed by atoms with E-state index in [0.717, 1.165) is 0 Å². The van der Waals surface area contributed by atoms with Crippen LogP contribution in [-0.2, 0) is 4.74 Å². The fourth-order valence-corrected chi connectivity index (χ4v) is 1.32. The summed E-state index contributed by atoms with van der Waals surface area (Å²) < 4.78 is 5.32. The second kappa shape index (κ2) is 8.05. The summed E-state index contributed by atoms with van der Waals surface area (Å²) in [7, 11) is 0. The van der Waals surface area contributed by atoms with E-state index in [1.165, 1.54) is 0 Å². The summed E-state index contributed by atoms with van der Waals surface area (Å²) in [5.74, 6) is 0. The van der Waals surface area contributed by atoms with Gasteiger partial charge in [-0.05, 0) is 27.7 Å². The fourth-order valence-electron chi connectivity index (χ4n) is 1.32. The summed E-state index contributed by atoms with van der Waals surface area (Å²) in [4.78, 5) is 2.04. The Hall–Kier alpha value is -0.160. The molecule has 0 aliphatic rings. The number of aliphatic hydroxyl groups excluding tert-OH is 2. The highest BCUT2D eigenvalue weighted by Gasteiger charge is 2.14. The van der Waals surface area contributed by atoms with Gasteiger partial charge in [0.25, 0.3) is 0 Å². The van der Waals surface area contributed by atoms with Crippen LogP contribution in [0.4, 0.5) is 0 Å². The third-order valence-electron chi connectivity index (χ3n) is 2.18. The maximum atomic E-state index is 9.70. The zero-order chi connectivity index (χ0) is 11.8. The zero-order valence-corrected chi connectivity index (χ0v) is 10.3. The first-order valence-electron chi connectivity index (χ1n) is 5.62. The van der Waals surface area contributed by atoms with Gasteiger partial charge in [0.05, 0.1) is 25.4 Å². The Morgan fingerprint density at radius 2 is 1.80 bits per heavy atom. The summed E-state index contributed by atoms with van der Waals surface area (Å²) in [5.41, 5.74) is 0. The molecule has 2 N–H and O–H groups in total. The van der Waals surface area contributed by atoms with Gasteiger partial charge in [0.15, 0.2) is 0 Å². The number of aliphatic hydroxyl groups is 2. The van der Waals surface area contributed by atoms with Gasteiger partial charge >= 0.3 is 0 Å². The second-order valence-electron chi connectivity index (χ2n) is 4.35. The zero-order valence-electron chi connectivity index (χ0n) is 10.3. The van der Waals surface area contributed by atoms with Gasteiger partial charge in [-0.25, -0.2) is 0 Å². The van der Waals surface area contributed by atoms with E-state index in [0.29, 0.717) is 25.7 Å². The Balaban J connectivity index is 3.83. The lowest BCUT2D eigenvalue weighted by Gasteiger charge is -2.28. The van der Waals surface area contributed by atoms with Crippen LogP contribution in [-0.4, -0.2) is 59.7 Å².